The zero-order chi connectivity index (χ0) is 18.4. The second kappa shape index (κ2) is 8.51. The van der Waals surface area contributed by atoms with Gasteiger partial charge in [-0.05, 0) is 24.6 Å². The number of anilines is 2. The summed E-state index contributed by atoms with van der Waals surface area (Å²) >= 11 is 0. The van der Waals surface area contributed by atoms with Gasteiger partial charge in [0.05, 0.1) is 12.8 Å². The number of ether oxygens (including phenoxy) is 1. The Labute approximate surface area is 154 Å². The van der Waals surface area contributed by atoms with Gasteiger partial charge in [0.2, 0.25) is 5.95 Å². The van der Waals surface area contributed by atoms with Crippen molar-refractivity contribution in [3.05, 3.63) is 42.2 Å². The summed E-state index contributed by atoms with van der Waals surface area (Å²) in [7, 11) is 1.68. The van der Waals surface area contributed by atoms with E-state index in [9.17, 15) is 4.79 Å². The van der Waals surface area contributed by atoms with Gasteiger partial charge in [-0.3, -0.25) is 4.79 Å². The Balaban J connectivity index is 1.63. The molecule has 1 aliphatic heterocycles. The highest BCUT2D eigenvalue weighted by atomic mass is 16.5. The van der Waals surface area contributed by atoms with Crippen LogP contribution in [0.4, 0.5) is 11.6 Å². The molecular formula is C19H25N5O2. The van der Waals surface area contributed by atoms with E-state index in [1.54, 1.807) is 19.4 Å². The third-order valence-corrected chi connectivity index (χ3v) is 4.40. The molecule has 3 rings (SSSR count). The molecule has 0 bridgehead atoms. The Morgan fingerprint density at radius 1 is 1.19 bits per heavy atom. The van der Waals surface area contributed by atoms with Gasteiger partial charge in [0.15, 0.2) is 0 Å². The predicted molar refractivity (Wildman–Crippen MR) is 102 cm³/mol. The summed E-state index contributed by atoms with van der Waals surface area (Å²) in [5, 5.41) is 3.12. The normalized spacial score (nSPS) is 14.2. The molecule has 0 saturated carbocycles. The van der Waals surface area contributed by atoms with Gasteiger partial charge in [-0.25, -0.2) is 9.97 Å². The summed E-state index contributed by atoms with van der Waals surface area (Å²) in [6.07, 6.45) is 2.61. The van der Waals surface area contributed by atoms with Gasteiger partial charge in [-0.1, -0.05) is 19.1 Å². The number of carbonyl (C=O) groups excluding carboxylic acids is 1. The lowest BCUT2D eigenvalue weighted by Gasteiger charge is -2.36. The van der Waals surface area contributed by atoms with Gasteiger partial charge in [0, 0.05) is 38.9 Å². The third kappa shape index (κ3) is 4.04. The lowest BCUT2D eigenvalue weighted by molar-refractivity contribution is 0.0740. The molecule has 0 spiro atoms. The van der Waals surface area contributed by atoms with E-state index in [0.29, 0.717) is 24.7 Å². The van der Waals surface area contributed by atoms with Crippen LogP contribution in [-0.2, 0) is 0 Å². The van der Waals surface area contributed by atoms with Crippen molar-refractivity contribution in [2.45, 2.75) is 13.3 Å². The Morgan fingerprint density at radius 3 is 2.69 bits per heavy atom. The van der Waals surface area contributed by atoms with Gasteiger partial charge >= 0.3 is 0 Å². The Morgan fingerprint density at radius 2 is 1.96 bits per heavy atom. The first-order chi connectivity index (χ1) is 12.7. The van der Waals surface area contributed by atoms with Crippen molar-refractivity contribution in [3.8, 4) is 5.75 Å². The maximum atomic E-state index is 12.8. The molecular weight excluding hydrogens is 330 g/mol. The SMILES string of the molecule is CCCNc1nccc(C(=O)N2CCN(c3ccccc3OC)CC2)n1. The number of carbonyl (C=O) groups is 1. The molecule has 7 nitrogen and oxygen atoms in total. The van der Waals surface area contributed by atoms with Crippen molar-refractivity contribution in [3.63, 3.8) is 0 Å². The molecule has 138 valence electrons. The molecule has 1 aromatic heterocycles. The Bertz CT molecular complexity index is 744. The molecule has 2 heterocycles. The average molecular weight is 355 g/mol. The summed E-state index contributed by atoms with van der Waals surface area (Å²) in [4.78, 5) is 25.4. The summed E-state index contributed by atoms with van der Waals surface area (Å²) in [6.45, 7) is 5.69. The number of amides is 1. The quantitative estimate of drug-likeness (QED) is 0.857. The van der Waals surface area contributed by atoms with Crippen molar-refractivity contribution in [2.24, 2.45) is 0 Å². The number of hydrogen-bond donors (Lipinski definition) is 1. The van der Waals surface area contributed by atoms with E-state index < -0.39 is 0 Å². The van der Waals surface area contributed by atoms with Crippen molar-refractivity contribution in [1.82, 2.24) is 14.9 Å². The number of aromatic nitrogens is 2. The van der Waals surface area contributed by atoms with Crippen LogP contribution in [0.5, 0.6) is 5.75 Å². The fourth-order valence-corrected chi connectivity index (χ4v) is 3.00. The molecule has 2 aromatic rings. The molecule has 26 heavy (non-hydrogen) atoms. The van der Waals surface area contributed by atoms with Gasteiger partial charge in [0.25, 0.3) is 5.91 Å². The van der Waals surface area contributed by atoms with Crippen LogP contribution < -0.4 is 15.0 Å². The predicted octanol–water partition coefficient (Wildman–Crippen LogP) is 2.27. The van der Waals surface area contributed by atoms with Crippen molar-refractivity contribution in [2.75, 3.05) is 50.1 Å². The average Bonchev–Trinajstić information content (AvgIpc) is 2.72. The fraction of sp³-hybridized carbons (Fsp3) is 0.421. The molecule has 1 fully saturated rings. The summed E-state index contributed by atoms with van der Waals surface area (Å²) in [6, 6.07) is 9.64. The van der Waals surface area contributed by atoms with Crippen molar-refractivity contribution >= 4 is 17.5 Å². The zero-order valence-electron chi connectivity index (χ0n) is 15.3. The van der Waals surface area contributed by atoms with Crippen LogP contribution in [0.15, 0.2) is 36.5 Å². The number of rotatable bonds is 6. The van der Waals surface area contributed by atoms with Crippen molar-refractivity contribution in [1.29, 1.82) is 0 Å². The van der Waals surface area contributed by atoms with E-state index >= 15 is 0 Å². The molecule has 7 heteroatoms. The highest BCUT2D eigenvalue weighted by Gasteiger charge is 2.24. The van der Waals surface area contributed by atoms with Crippen molar-refractivity contribution < 1.29 is 9.53 Å². The molecule has 1 saturated heterocycles. The summed E-state index contributed by atoms with van der Waals surface area (Å²) in [5.74, 6) is 1.31. The number of hydrogen-bond acceptors (Lipinski definition) is 6. The van der Waals surface area contributed by atoms with E-state index in [4.69, 9.17) is 4.74 Å². The molecule has 1 amide bonds. The first-order valence-corrected chi connectivity index (χ1v) is 8.97. The minimum atomic E-state index is -0.0494. The van der Waals surface area contributed by atoms with Crippen LogP contribution >= 0.6 is 0 Å². The van der Waals surface area contributed by atoms with Crippen LogP contribution in [0.2, 0.25) is 0 Å². The molecule has 1 aliphatic rings. The fourth-order valence-electron chi connectivity index (χ4n) is 3.00. The molecule has 1 N–H and O–H groups in total. The van der Waals surface area contributed by atoms with Crippen LogP contribution in [0.1, 0.15) is 23.8 Å². The first kappa shape index (κ1) is 18.0. The maximum absolute atomic E-state index is 12.8. The number of nitrogens with zero attached hydrogens (tertiary/aromatic N) is 4. The van der Waals surface area contributed by atoms with Crippen LogP contribution in [0.25, 0.3) is 0 Å². The largest absolute Gasteiger partial charge is 0.495 e. The van der Waals surface area contributed by atoms with Gasteiger partial charge < -0.3 is 19.9 Å². The van der Waals surface area contributed by atoms with E-state index in [1.807, 2.05) is 29.2 Å². The molecule has 0 radical (unpaired) electrons. The highest BCUT2D eigenvalue weighted by molar-refractivity contribution is 5.92. The minimum Gasteiger partial charge on any atom is -0.495 e. The Hall–Kier alpha value is -2.83. The standard InChI is InChI=1S/C19H25N5O2/c1-3-9-20-19-21-10-8-15(22-19)18(25)24-13-11-23(12-14-24)16-6-4-5-7-17(16)26-2/h4-8,10H,3,9,11-14H2,1-2H3,(H,20,21,22). The summed E-state index contributed by atoms with van der Waals surface area (Å²) in [5.41, 5.74) is 1.50. The molecule has 0 unspecified atom stereocenters. The number of benzene rings is 1. The van der Waals surface area contributed by atoms with Crippen LogP contribution in [0.3, 0.4) is 0 Å². The second-order valence-corrected chi connectivity index (χ2v) is 6.14. The lowest BCUT2D eigenvalue weighted by Crippen LogP contribution is -2.49. The van der Waals surface area contributed by atoms with Crippen LogP contribution in [-0.4, -0.2) is 60.6 Å². The molecule has 0 atom stereocenters. The van der Waals surface area contributed by atoms with E-state index in [-0.39, 0.29) is 5.91 Å². The second-order valence-electron chi connectivity index (χ2n) is 6.14. The highest BCUT2D eigenvalue weighted by Crippen LogP contribution is 2.28. The first-order valence-electron chi connectivity index (χ1n) is 8.97. The summed E-state index contributed by atoms with van der Waals surface area (Å²) < 4.78 is 5.44. The Kier molecular flexibility index (Phi) is 5.88. The lowest BCUT2D eigenvalue weighted by atomic mass is 10.2. The van der Waals surface area contributed by atoms with Gasteiger partial charge in [-0.2, -0.15) is 0 Å². The zero-order valence-corrected chi connectivity index (χ0v) is 15.3. The smallest absolute Gasteiger partial charge is 0.272 e. The third-order valence-electron chi connectivity index (χ3n) is 4.40. The molecule has 1 aromatic carbocycles. The molecule has 0 aliphatic carbocycles. The van der Waals surface area contributed by atoms with E-state index in [1.165, 1.54) is 0 Å². The van der Waals surface area contributed by atoms with Gasteiger partial charge in [0.1, 0.15) is 11.4 Å². The van der Waals surface area contributed by atoms with Gasteiger partial charge in [-0.15, -0.1) is 0 Å². The monoisotopic (exact) mass is 355 g/mol. The topological polar surface area (TPSA) is 70.6 Å². The number of para-hydroxylation sites is 2. The van der Waals surface area contributed by atoms with E-state index in [2.05, 4.69) is 27.1 Å². The minimum absolute atomic E-state index is 0.0494. The number of nitrogens with one attached hydrogen (secondary N) is 1. The van der Waals surface area contributed by atoms with Crippen LogP contribution in [0, 0.1) is 0 Å². The number of piperazine rings is 1. The van der Waals surface area contributed by atoms with E-state index in [0.717, 1.165) is 37.5 Å². The maximum Gasteiger partial charge on any atom is 0.272 e. The number of methoxy groups -OCH3 is 1.